The highest BCUT2D eigenvalue weighted by molar-refractivity contribution is 7.90. The Kier molecular flexibility index (Phi) is 4.73. The number of halogens is 1. The summed E-state index contributed by atoms with van der Waals surface area (Å²) in [5, 5.41) is 3.02. The lowest BCUT2D eigenvalue weighted by Gasteiger charge is -2.11. The highest BCUT2D eigenvalue weighted by Gasteiger charge is 2.17. The largest absolute Gasteiger partial charge is 0.333 e. The van der Waals surface area contributed by atoms with Gasteiger partial charge < -0.3 is 5.32 Å². The summed E-state index contributed by atoms with van der Waals surface area (Å²) >= 11 is 5.83. The molecule has 5 nitrogen and oxygen atoms in total. The number of carbonyl (C=O) groups excluding carboxylic acids is 1. The molecule has 0 aliphatic heterocycles. The zero-order valence-corrected chi connectivity index (χ0v) is 13.6. The number of anilines is 1. The van der Waals surface area contributed by atoms with Crippen molar-refractivity contribution in [3.05, 3.63) is 58.6 Å². The van der Waals surface area contributed by atoms with Crippen molar-refractivity contribution in [2.45, 2.75) is 18.7 Å². The molecule has 0 saturated heterocycles. The molecule has 2 N–H and O–H groups in total. The fourth-order valence-corrected chi connectivity index (χ4v) is 2.95. The highest BCUT2D eigenvalue weighted by Crippen LogP contribution is 2.19. The molecule has 116 valence electrons. The van der Waals surface area contributed by atoms with E-state index < -0.39 is 16.1 Å². The maximum Gasteiger partial charge on any atom is 0.333 e. The van der Waals surface area contributed by atoms with Gasteiger partial charge in [-0.3, -0.25) is 0 Å². The molecule has 0 aliphatic carbocycles. The van der Waals surface area contributed by atoms with Crippen molar-refractivity contribution in [1.82, 2.24) is 4.72 Å². The van der Waals surface area contributed by atoms with E-state index in [9.17, 15) is 13.2 Å². The Hall–Kier alpha value is -2.05. The van der Waals surface area contributed by atoms with Gasteiger partial charge >= 0.3 is 6.03 Å². The molecule has 2 rings (SSSR count). The number of urea groups is 1. The summed E-state index contributed by atoms with van der Waals surface area (Å²) in [6, 6.07) is 10.3. The SMILES string of the molecule is Cc1ccc(S(=O)(=O)NC(=O)Nc2ccc(Cl)cc2C)cc1. The molecule has 2 aromatic carbocycles. The first-order chi connectivity index (χ1) is 10.3. The highest BCUT2D eigenvalue weighted by atomic mass is 35.5. The molecule has 0 saturated carbocycles. The van der Waals surface area contributed by atoms with Crippen molar-refractivity contribution in [2.75, 3.05) is 5.32 Å². The van der Waals surface area contributed by atoms with Gasteiger partial charge in [-0.1, -0.05) is 29.3 Å². The van der Waals surface area contributed by atoms with Gasteiger partial charge in [-0.25, -0.2) is 17.9 Å². The van der Waals surface area contributed by atoms with Crippen LogP contribution in [-0.4, -0.2) is 14.4 Å². The van der Waals surface area contributed by atoms with E-state index in [0.29, 0.717) is 10.7 Å². The lowest BCUT2D eigenvalue weighted by Crippen LogP contribution is -2.34. The van der Waals surface area contributed by atoms with Gasteiger partial charge in [-0.2, -0.15) is 0 Å². The minimum Gasteiger partial charge on any atom is -0.307 e. The van der Waals surface area contributed by atoms with Crippen molar-refractivity contribution >= 4 is 33.3 Å². The van der Waals surface area contributed by atoms with Gasteiger partial charge in [0.25, 0.3) is 10.0 Å². The predicted octanol–water partition coefficient (Wildman–Crippen LogP) is 3.47. The van der Waals surface area contributed by atoms with E-state index in [1.165, 1.54) is 12.1 Å². The minimum absolute atomic E-state index is 0.0288. The average Bonchev–Trinajstić information content (AvgIpc) is 2.42. The second-order valence-corrected chi connectivity index (χ2v) is 6.95. The molecule has 0 spiro atoms. The fourth-order valence-electron chi connectivity index (χ4n) is 1.81. The van der Waals surface area contributed by atoms with Crippen molar-refractivity contribution in [3.8, 4) is 0 Å². The smallest absolute Gasteiger partial charge is 0.307 e. The number of nitrogens with one attached hydrogen (secondary N) is 2. The van der Waals surface area contributed by atoms with E-state index in [4.69, 9.17) is 11.6 Å². The zero-order chi connectivity index (χ0) is 16.3. The van der Waals surface area contributed by atoms with Gasteiger partial charge in [0.05, 0.1) is 4.90 Å². The number of sulfonamides is 1. The predicted molar refractivity (Wildman–Crippen MR) is 86.7 cm³/mol. The number of aryl methyl sites for hydroxylation is 2. The minimum atomic E-state index is -3.91. The third kappa shape index (κ3) is 3.99. The molecular weight excluding hydrogens is 324 g/mol. The zero-order valence-electron chi connectivity index (χ0n) is 12.1. The average molecular weight is 339 g/mol. The van der Waals surface area contributed by atoms with Crippen LogP contribution in [0.1, 0.15) is 11.1 Å². The van der Waals surface area contributed by atoms with Gasteiger partial charge in [0.2, 0.25) is 0 Å². The topological polar surface area (TPSA) is 75.3 Å². The van der Waals surface area contributed by atoms with Crippen molar-refractivity contribution < 1.29 is 13.2 Å². The molecule has 0 atom stereocenters. The summed E-state index contributed by atoms with van der Waals surface area (Å²) in [6.45, 7) is 3.61. The van der Waals surface area contributed by atoms with Crippen LogP contribution in [0, 0.1) is 13.8 Å². The normalized spacial score (nSPS) is 11.0. The number of rotatable bonds is 3. The summed E-state index contributed by atoms with van der Waals surface area (Å²) in [5.41, 5.74) is 2.15. The van der Waals surface area contributed by atoms with Gasteiger partial charge in [0, 0.05) is 10.7 Å². The van der Waals surface area contributed by atoms with Crippen molar-refractivity contribution in [1.29, 1.82) is 0 Å². The molecule has 0 aromatic heterocycles. The molecule has 0 radical (unpaired) electrons. The Labute approximate surface area is 134 Å². The van der Waals surface area contributed by atoms with Crippen LogP contribution < -0.4 is 10.0 Å². The first-order valence-electron chi connectivity index (χ1n) is 6.44. The molecule has 22 heavy (non-hydrogen) atoms. The van der Waals surface area contributed by atoms with Crippen LogP contribution in [0.4, 0.5) is 10.5 Å². The third-order valence-corrected chi connectivity index (χ3v) is 4.58. The van der Waals surface area contributed by atoms with E-state index >= 15 is 0 Å². The van der Waals surface area contributed by atoms with Crippen LogP contribution in [0.2, 0.25) is 5.02 Å². The fraction of sp³-hybridized carbons (Fsp3) is 0.133. The van der Waals surface area contributed by atoms with Crippen LogP contribution in [0.3, 0.4) is 0 Å². The second-order valence-electron chi connectivity index (χ2n) is 4.83. The van der Waals surface area contributed by atoms with Gasteiger partial charge in [-0.15, -0.1) is 0 Å². The Morgan fingerprint density at radius 2 is 1.68 bits per heavy atom. The van der Waals surface area contributed by atoms with Gasteiger partial charge in [0.15, 0.2) is 0 Å². The van der Waals surface area contributed by atoms with Gasteiger partial charge in [-0.05, 0) is 49.7 Å². The quantitative estimate of drug-likeness (QED) is 0.899. The lowest BCUT2D eigenvalue weighted by molar-refractivity contribution is 0.256. The molecule has 7 heteroatoms. The molecule has 2 aromatic rings. The van der Waals surface area contributed by atoms with Crippen LogP contribution in [-0.2, 0) is 10.0 Å². The number of hydrogen-bond donors (Lipinski definition) is 2. The number of hydrogen-bond acceptors (Lipinski definition) is 3. The van der Waals surface area contributed by atoms with E-state index in [1.54, 1.807) is 37.3 Å². The van der Waals surface area contributed by atoms with Gasteiger partial charge in [0.1, 0.15) is 0 Å². The third-order valence-electron chi connectivity index (χ3n) is 2.99. The van der Waals surface area contributed by atoms with Crippen LogP contribution in [0.5, 0.6) is 0 Å². The Bertz CT molecular complexity index is 802. The molecular formula is C15H15ClN2O3S. The standard InChI is InChI=1S/C15H15ClN2O3S/c1-10-3-6-13(7-4-10)22(20,21)18-15(19)17-14-8-5-12(16)9-11(14)2/h3-9H,1-2H3,(H2,17,18,19). The first-order valence-corrected chi connectivity index (χ1v) is 8.31. The maximum absolute atomic E-state index is 12.1. The number of benzene rings is 2. The van der Waals surface area contributed by atoms with Crippen LogP contribution in [0.25, 0.3) is 0 Å². The Balaban J connectivity index is 2.12. The molecule has 0 aliphatic rings. The number of amides is 2. The number of carbonyl (C=O) groups is 1. The van der Waals surface area contributed by atoms with E-state index in [1.807, 2.05) is 11.6 Å². The molecule has 0 bridgehead atoms. The second kappa shape index (κ2) is 6.37. The monoisotopic (exact) mass is 338 g/mol. The first kappa shape index (κ1) is 16.3. The molecule has 0 unspecified atom stereocenters. The molecule has 0 heterocycles. The van der Waals surface area contributed by atoms with Crippen LogP contribution in [0.15, 0.2) is 47.4 Å². The van der Waals surface area contributed by atoms with Crippen LogP contribution >= 0.6 is 11.6 Å². The van der Waals surface area contributed by atoms with E-state index in [0.717, 1.165) is 11.1 Å². The summed E-state index contributed by atoms with van der Waals surface area (Å²) in [7, 11) is -3.91. The maximum atomic E-state index is 12.1. The molecule has 2 amide bonds. The lowest BCUT2D eigenvalue weighted by atomic mass is 10.2. The Morgan fingerprint density at radius 3 is 2.27 bits per heavy atom. The summed E-state index contributed by atoms with van der Waals surface area (Å²) < 4.78 is 26.2. The molecule has 0 fully saturated rings. The van der Waals surface area contributed by atoms with Crippen molar-refractivity contribution in [2.24, 2.45) is 0 Å². The van der Waals surface area contributed by atoms with Crippen molar-refractivity contribution in [3.63, 3.8) is 0 Å². The summed E-state index contributed by atoms with van der Waals surface area (Å²) in [5.74, 6) is 0. The summed E-state index contributed by atoms with van der Waals surface area (Å²) in [4.78, 5) is 11.9. The van der Waals surface area contributed by atoms with E-state index in [-0.39, 0.29) is 4.90 Å². The summed E-state index contributed by atoms with van der Waals surface area (Å²) in [6.07, 6.45) is 0. The Morgan fingerprint density at radius 1 is 1.05 bits per heavy atom. The van der Waals surface area contributed by atoms with E-state index in [2.05, 4.69) is 5.32 Å².